The molecule has 8 nitrogen and oxygen atoms in total. The predicted molar refractivity (Wildman–Crippen MR) is 109 cm³/mol. The van der Waals surface area contributed by atoms with Crippen LogP contribution in [0.3, 0.4) is 0 Å². The summed E-state index contributed by atoms with van der Waals surface area (Å²) in [6.45, 7) is 4.93. The number of hydrogen-bond acceptors (Lipinski definition) is 5. The Balaban J connectivity index is 2.36. The fourth-order valence-electron chi connectivity index (χ4n) is 3.17. The van der Waals surface area contributed by atoms with Crippen LogP contribution in [0.15, 0.2) is 47.3 Å². The largest absolute Gasteiger partial charge is 0.347 e. The molecule has 2 aromatic heterocycles. The van der Waals surface area contributed by atoms with E-state index in [2.05, 4.69) is 10.1 Å². The molecule has 1 aromatic carbocycles. The fourth-order valence-corrected chi connectivity index (χ4v) is 3.17. The molecule has 0 aliphatic heterocycles. The van der Waals surface area contributed by atoms with Gasteiger partial charge in [-0.2, -0.15) is 5.10 Å². The van der Waals surface area contributed by atoms with Crippen LogP contribution in [-0.4, -0.2) is 50.0 Å². The van der Waals surface area contributed by atoms with Crippen LogP contribution in [0.25, 0.3) is 17.2 Å². The van der Waals surface area contributed by atoms with E-state index in [4.69, 9.17) is 0 Å². The number of carbonyl (C=O) groups excluding carboxylic acids is 2. The molecule has 2 heterocycles. The standard InChI is InChI=1S/C21H23N5O3/c1-13-11-14(2)26(23-13)21-22-17(16-9-7-6-8-10-16)12-18(28)25(21)19(15(3)27)20(29)24(4)5/h6-12,19H,1-5H3/t19-/m0/s1. The first-order chi connectivity index (χ1) is 13.7. The number of Topliss-reactive ketones (excluding diaryl/α,β-unsaturated/α-hetero) is 1. The van der Waals surface area contributed by atoms with E-state index in [1.807, 2.05) is 50.2 Å². The van der Waals surface area contributed by atoms with E-state index in [0.717, 1.165) is 21.5 Å². The van der Waals surface area contributed by atoms with Crippen LogP contribution in [-0.2, 0) is 9.59 Å². The van der Waals surface area contributed by atoms with Crippen molar-refractivity contribution in [1.29, 1.82) is 0 Å². The van der Waals surface area contributed by atoms with Gasteiger partial charge < -0.3 is 4.90 Å². The van der Waals surface area contributed by atoms with Crippen LogP contribution in [0.2, 0.25) is 0 Å². The third-order valence-corrected chi connectivity index (χ3v) is 4.52. The smallest absolute Gasteiger partial charge is 0.256 e. The summed E-state index contributed by atoms with van der Waals surface area (Å²) in [5.74, 6) is -0.836. The average Bonchev–Trinajstić information content (AvgIpc) is 3.01. The minimum atomic E-state index is -1.33. The molecular weight excluding hydrogens is 370 g/mol. The van der Waals surface area contributed by atoms with E-state index in [9.17, 15) is 14.4 Å². The zero-order valence-electron chi connectivity index (χ0n) is 17.1. The number of benzene rings is 1. The molecule has 0 radical (unpaired) electrons. The Morgan fingerprint density at radius 3 is 2.24 bits per heavy atom. The lowest BCUT2D eigenvalue weighted by Gasteiger charge is -2.23. The molecule has 0 aliphatic carbocycles. The van der Waals surface area contributed by atoms with Crippen molar-refractivity contribution >= 4 is 11.7 Å². The molecule has 0 aliphatic rings. The third kappa shape index (κ3) is 3.87. The lowest BCUT2D eigenvalue weighted by molar-refractivity contribution is -0.137. The van der Waals surface area contributed by atoms with Gasteiger partial charge in [0.05, 0.1) is 11.4 Å². The van der Waals surface area contributed by atoms with Gasteiger partial charge >= 0.3 is 0 Å². The molecule has 1 amide bonds. The highest BCUT2D eigenvalue weighted by molar-refractivity contribution is 6.02. The number of rotatable bonds is 5. The molecule has 0 saturated carbocycles. The molecular formula is C21H23N5O3. The number of aryl methyl sites for hydroxylation is 2. The maximum absolute atomic E-state index is 13.2. The number of likely N-dealkylation sites (N-methyl/N-ethyl adjacent to an activating group) is 1. The van der Waals surface area contributed by atoms with Crippen molar-refractivity contribution in [3.63, 3.8) is 0 Å². The zero-order chi connectivity index (χ0) is 21.3. The van der Waals surface area contributed by atoms with Gasteiger partial charge in [0.1, 0.15) is 0 Å². The topological polar surface area (TPSA) is 90.1 Å². The number of ketones is 1. The van der Waals surface area contributed by atoms with Crippen LogP contribution in [0, 0.1) is 13.8 Å². The molecule has 0 spiro atoms. The minimum Gasteiger partial charge on any atom is -0.347 e. The highest BCUT2D eigenvalue weighted by Gasteiger charge is 2.31. The van der Waals surface area contributed by atoms with Gasteiger partial charge in [-0.3, -0.25) is 19.0 Å². The number of aromatic nitrogens is 4. The van der Waals surface area contributed by atoms with Gasteiger partial charge in [0.25, 0.3) is 11.5 Å². The second-order valence-electron chi connectivity index (χ2n) is 7.10. The molecule has 0 unspecified atom stereocenters. The first kappa shape index (κ1) is 20.2. The average molecular weight is 393 g/mol. The summed E-state index contributed by atoms with van der Waals surface area (Å²) in [5.41, 5.74) is 2.14. The monoisotopic (exact) mass is 393 g/mol. The van der Waals surface area contributed by atoms with Crippen molar-refractivity contribution < 1.29 is 9.59 Å². The van der Waals surface area contributed by atoms with E-state index < -0.39 is 23.3 Å². The van der Waals surface area contributed by atoms with E-state index in [-0.39, 0.29) is 5.95 Å². The maximum Gasteiger partial charge on any atom is 0.256 e. The summed E-state index contributed by atoms with van der Waals surface area (Å²) in [7, 11) is 3.08. The van der Waals surface area contributed by atoms with Gasteiger partial charge in [-0.1, -0.05) is 30.3 Å². The predicted octanol–water partition coefficient (Wildman–Crippen LogP) is 1.93. The fraction of sp³-hybridized carbons (Fsp3) is 0.286. The van der Waals surface area contributed by atoms with Crippen LogP contribution >= 0.6 is 0 Å². The Morgan fingerprint density at radius 2 is 1.72 bits per heavy atom. The summed E-state index contributed by atoms with van der Waals surface area (Å²) in [6.07, 6.45) is 0. The van der Waals surface area contributed by atoms with E-state index in [1.165, 1.54) is 36.7 Å². The summed E-state index contributed by atoms with van der Waals surface area (Å²) in [6, 6.07) is 11.1. The summed E-state index contributed by atoms with van der Waals surface area (Å²) in [5, 5.41) is 4.42. The lowest BCUT2D eigenvalue weighted by Crippen LogP contribution is -2.42. The molecule has 29 heavy (non-hydrogen) atoms. The van der Waals surface area contributed by atoms with Gasteiger partial charge in [-0.25, -0.2) is 9.67 Å². The Labute approximate surface area is 168 Å². The van der Waals surface area contributed by atoms with Crippen molar-refractivity contribution in [2.45, 2.75) is 26.8 Å². The van der Waals surface area contributed by atoms with Gasteiger partial charge in [0.15, 0.2) is 11.8 Å². The third-order valence-electron chi connectivity index (χ3n) is 4.52. The Kier molecular flexibility index (Phi) is 5.45. The molecule has 0 bridgehead atoms. The Bertz CT molecular complexity index is 1130. The summed E-state index contributed by atoms with van der Waals surface area (Å²) < 4.78 is 2.61. The molecule has 0 saturated heterocycles. The van der Waals surface area contributed by atoms with Crippen molar-refractivity contribution in [3.05, 3.63) is 64.2 Å². The quantitative estimate of drug-likeness (QED) is 0.618. The number of nitrogens with zero attached hydrogens (tertiary/aromatic N) is 5. The highest BCUT2D eigenvalue weighted by Crippen LogP contribution is 2.21. The second kappa shape index (κ2) is 7.83. The second-order valence-corrected chi connectivity index (χ2v) is 7.10. The zero-order valence-corrected chi connectivity index (χ0v) is 17.1. The van der Waals surface area contributed by atoms with E-state index >= 15 is 0 Å². The molecule has 1 atom stereocenters. The van der Waals surface area contributed by atoms with Gasteiger partial charge in [-0.05, 0) is 26.8 Å². The van der Waals surface area contributed by atoms with Crippen LogP contribution in [0.5, 0.6) is 0 Å². The van der Waals surface area contributed by atoms with Crippen LogP contribution in [0.1, 0.15) is 24.4 Å². The molecule has 0 N–H and O–H groups in total. The first-order valence-electron chi connectivity index (χ1n) is 9.15. The van der Waals surface area contributed by atoms with E-state index in [1.54, 1.807) is 0 Å². The maximum atomic E-state index is 13.2. The van der Waals surface area contributed by atoms with Crippen LogP contribution < -0.4 is 5.56 Å². The molecule has 150 valence electrons. The Hall–Kier alpha value is -3.55. The number of amides is 1. The normalized spacial score (nSPS) is 11.9. The van der Waals surface area contributed by atoms with Crippen LogP contribution in [0.4, 0.5) is 0 Å². The molecule has 3 rings (SSSR count). The first-order valence-corrected chi connectivity index (χ1v) is 9.15. The number of hydrogen-bond donors (Lipinski definition) is 0. The van der Waals surface area contributed by atoms with Gasteiger partial charge in [-0.15, -0.1) is 0 Å². The minimum absolute atomic E-state index is 0.123. The van der Waals surface area contributed by atoms with E-state index in [0.29, 0.717) is 5.69 Å². The van der Waals surface area contributed by atoms with Gasteiger partial charge in [0.2, 0.25) is 5.95 Å². The molecule has 0 fully saturated rings. The Morgan fingerprint density at radius 1 is 1.07 bits per heavy atom. The summed E-state index contributed by atoms with van der Waals surface area (Å²) >= 11 is 0. The van der Waals surface area contributed by atoms with Crippen molar-refractivity contribution in [1.82, 2.24) is 24.2 Å². The SMILES string of the molecule is CC(=O)[C@@H](C(=O)N(C)C)n1c(-n2nc(C)cc2C)nc(-c2ccccc2)cc1=O. The van der Waals surface area contributed by atoms with Crippen molar-refractivity contribution in [3.8, 4) is 17.2 Å². The molecule has 3 aromatic rings. The highest BCUT2D eigenvalue weighted by atomic mass is 16.2. The lowest BCUT2D eigenvalue weighted by atomic mass is 10.1. The molecule has 8 heteroatoms. The van der Waals surface area contributed by atoms with Gasteiger partial charge in [0, 0.05) is 31.4 Å². The van der Waals surface area contributed by atoms with Crippen molar-refractivity contribution in [2.24, 2.45) is 0 Å². The number of carbonyl (C=O) groups is 2. The van der Waals surface area contributed by atoms with Crippen molar-refractivity contribution in [2.75, 3.05) is 14.1 Å². The summed E-state index contributed by atoms with van der Waals surface area (Å²) in [4.78, 5) is 44.2.